The van der Waals surface area contributed by atoms with Gasteiger partial charge in [0.1, 0.15) is 0 Å². The molecule has 1 aliphatic rings. The minimum Gasteiger partial charge on any atom is -0.312 e. The number of ketones is 1. The zero-order valence-corrected chi connectivity index (χ0v) is 10.8. The van der Waals surface area contributed by atoms with Crippen LogP contribution in [0, 0.1) is 0 Å². The highest BCUT2D eigenvalue weighted by Crippen LogP contribution is 2.36. The zero-order chi connectivity index (χ0) is 12.6. The summed E-state index contributed by atoms with van der Waals surface area (Å²) in [6.07, 6.45) is 0.678. The van der Waals surface area contributed by atoms with Gasteiger partial charge < -0.3 is 4.90 Å². The number of fused-ring (bicyclic) bond motifs is 1. The van der Waals surface area contributed by atoms with Crippen LogP contribution in [0.15, 0.2) is 12.1 Å². The van der Waals surface area contributed by atoms with Crippen LogP contribution in [-0.2, 0) is 11.2 Å². The van der Waals surface area contributed by atoms with Crippen LogP contribution in [0.2, 0.25) is 5.02 Å². The number of alkyl halides is 1. The second kappa shape index (κ2) is 4.67. The second-order valence-electron chi connectivity index (χ2n) is 3.90. The van der Waals surface area contributed by atoms with Crippen molar-refractivity contribution in [3.63, 3.8) is 0 Å². The minimum absolute atomic E-state index is 0.0174. The number of Topliss-reactive ketones (excluding diaryl/α,β-unsaturated/α-hetero) is 1. The summed E-state index contributed by atoms with van der Waals surface area (Å²) in [4.78, 5) is 24.6. The monoisotopic (exact) mass is 271 g/mol. The van der Waals surface area contributed by atoms with Gasteiger partial charge in [-0.15, -0.1) is 11.6 Å². The van der Waals surface area contributed by atoms with Crippen molar-refractivity contribution in [3.8, 4) is 0 Å². The van der Waals surface area contributed by atoms with Crippen LogP contribution in [-0.4, -0.2) is 24.1 Å². The first-order valence-electron chi connectivity index (χ1n) is 5.25. The van der Waals surface area contributed by atoms with Gasteiger partial charge in [-0.25, -0.2) is 0 Å². The summed E-state index contributed by atoms with van der Waals surface area (Å²) in [6, 6.07) is 3.39. The van der Waals surface area contributed by atoms with E-state index < -0.39 is 0 Å². The average molecular weight is 272 g/mol. The number of hydrogen-bond donors (Lipinski definition) is 0. The fourth-order valence-electron chi connectivity index (χ4n) is 2.06. The Kier molecular flexibility index (Phi) is 3.40. The van der Waals surface area contributed by atoms with Gasteiger partial charge in [0.05, 0.1) is 10.9 Å². The lowest BCUT2D eigenvalue weighted by Crippen LogP contribution is -2.25. The quantitative estimate of drug-likeness (QED) is 0.613. The Morgan fingerprint density at radius 2 is 2.12 bits per heavy atom. The number of amides is 1. The Hall–Kier alpha value is -1.06. The zero-order valence-electron chi connectivity index (χ0n) is 9.30. The van der Waals surface area contributed by atoms with E-state index in [1.54, 1.807) is 17.0 Å². The van der Waals surface area contributed by atoms with E-state index in [2.05, 4.69) is 0 Å². The molecule has 0 N–H and O–H groups in total. The lowest BCUT2D eigenvalue weighted by Gasteiger charge is -2.15. The number of benzene rings is 1. The Balaban J connectivity index is 2.49. The van der Waals surface area contributed by atoms with Crippen LogP contribution in [0.1, 0.15) is 22.8 Å². The van der Waals surface area contributed by atoms with Crippen LogP contribution >= 0.6 is 23.2 Å². The smallest absolute Gasteiger partial charge is 0.223 e. The largest absolute Gasteiger partial charge is 0.312 e. The molecule has 0 saturated heterocycles. The van der Waals surface area contributed by atoms with E-state index in [-0.39, 0.29) is 17.6 Å². The summed E-state index contributed by atoms with van der Waals surface area (Å²) >= 11 is 11.7. The van der Waals surface area contributed by atoms with E-state index in [0.29, 0.717) is 23.6 Å². The van der Waals surface area contributed by atoms with Crippen molar-refractivity contribution in [2.75, 3.05) is 17.3 Å². The molecule has 1 heterocycles. The summed E-state index contributed by atoms with van der Waals surface area (Å²) in [5.41, 5.74) is 2.09. The molecule has 0 bridgehead atoms. The maximum absolute atomic E-state index is 11.6. The standard InChI is InChI=1S/C12H11Cl2NO2/c1-7(16)15-5-4-8-10(15)3-2-9(12(8)14)11(17)6-13/h2-3H,4-6H2,1H3. The van der Waals surface area contributed by atoms with Crippen molar-refractivity contribution in [3.05, 3.63) is 28.3 Å². The fourth-order valence-corrected chi connectivity index (χ4v) is 2.56. The summed E-state index contributed by atoms with van der Waals surface area (Å²) < 4.78 is 0. The number of halogens is 2. The van der Waals surface area contributed by atoms with Gasteiger partial charge in [-0.1, -0.05) is 11.6 Å². The number of nitrogens with zero attached hydrogens (tertiary/aromatic N) is 1. The van der Waals surface area contributed by atoms with E-state index in [9.17, 15) is 9.59 Å². The highest BCUT2D eigenvalue weighted by molar-refractivity contribution is 6.38. The predicted octanol–water partition coefficient (Wildman–Crippen LogP) is 2.67. The van der Waals surface area contributed by atoms with Gasteiger partial charge in [-0.05, 0) is 24.1 Å². The van der Waals surface area contributed by atoms with Crippen molar-refractivity contribution in [2.24, 2.45) is 0 Å². The summed E-state index contributed by atoms with van der Waals surface area (Å²) in [5, 5.41) is 0.428. The SMILES string of the molecule is CC(=O)N1CCc2c1ccc(C(=O)CCl)c2Cl. The highest BCUT2D eigenvalue weighted by Gasteiger charge is 2.26. The van der Waals surface area contributed by atoms with Crippen molar-refractivity contribution >= 4 is 40.6 Å². The molecule has 0 atom stereocenters. The summed E-state index contributed by atoms with van der Waals surface area (Å²) in [6.45, 7) is 2.13. The molecule has 17 heavy (non-hydrogen) atoms. The van der Waals surface area contributed by atoms with Crippen LogP contribution < -0.4 is 4.90 Å². The third kappa shape index (κ3) is 2.05. The highest BCUT2D eigenvalue weighted by atomic mass is 35.5. The van der Waals surface area contributed by atoms with E-state index in [1.165, 1.54) is 6.92 Å². The molecule has 1 aliphatic heterocycles. The molecule has 5 heteroatoms. The van der Waals surface area contributed by atoms with E-state index >= 15 is 0 Å². The number of rotatable bonds is 2. The Morgan fingerprint density at radius 1 is 1.41 bits per heavy atom. The number of hydrogen-bond acceptors (Lipinski definition) is 2. The molecule has 2 rings (SSSR count). The van der Waals surface area contributed by atoms with Gasteiger partial charge >= 0.3 is 0 Å². The summed E-state index contributed by atoms with van der Waals surface area (Å²) in [7, 11) is 0. The molecule has 0 radical (unpaired) electrons. The molecule has 1 aromatic carbocycles. The molecule has 0 fully saturated rings. The number of anilines is 1. The molecule has 0 saturated carbocycles. The van der Waals surface area contributed by atoms with Gasteiger partial charge in [0, 0.05) is 24.7 Å². The van der Waals surface area contributed by atoms with Crippen molar-refractivity contribution in [1.29, 1.82) is 0 Å². The van der Waals surface area contributed by atoms with E-state index in [1.807, 2.05) is 0 Å². The van der Waals surface area contributed by atoms with Crippen molar-refractivity contribution < 1.29 is 9.59 Å². The van der Waals surface area contributed by atoms with E-state index in [0.717, 1.165) is 11.3 Å². The Labute approximate surface area is 109 Å². The van der Waals surface area contributed by atoms with Gasteiger partial charge in [-0.3, -0.25) is 9.59 Å². The third-order valence-electron chi connectivity index (χ3n) is 2.90. The van der Waals surface area contributed by atoms with Crippen LogP contribution in [0.4, 0.5) is 5.69 Å². The molecule has 1 aromatic rings. The molecule has 3 nitrogen and oxygen atoms in total. The minimum atomic E-state index is -0.194. The predicted molar refractivity (Wildman–Crippen MR) is 68.2 cm³/mol. The molecule has 0 unspecified atom stereocenters. The average Bonchev–Trinajstić information content (AvgIpc) is 2.73. The normalized spacial score (nSPS) is 13.7. The fraction of sp³-hybridized carbons (Fsp3) is 0.333. The van der Waals surface area contributed by atoms with Crippen LogP contribution in [0.5, 0.6) is 0 Å². The van der Waals surface area contributed by atoms with Crippen molar-refractivity contribution in [2.45, 2.75) is 13.3 Å². The first kappa shape index (κ1) is 12.4. The molecule has 0 aliphatic carbocycles. The maximum atomic E-state index is 11.6. The van der Waals surface area contributed by atoms with Crippen LogP contribution in [0.25, 0.3) is 0 Å². The lowest BCUT2D eigenvalue weighted by molar-refractivity contribution is -0.116. The first-order chi connectivity index (χ1) is 8.06. The Bertz CT molecular complexity index is 500. The number of carbonyl (C=O) groups is 2. The van der Waals surface area contributed by atoms with Gasteiger partial charge in [0.2, 0.25) is 5.91 Å². The summed E-state index contributed by atoms with van der Waals surface area (Å²) in [5.74, 6) is -0.299. The molecular weight excluding hydrogens is 261 g/mol. The first-order valence-corrected chi connectivity index (χ1v) is 6.16. The van der Waals surface area contributed by atoms with E-state index in [4.69, 9.17) is 23.2 Å². The number of carbonyl (C=O) groups excluding carboxylic acids is 2. The molecule has 0 aromatic heterocycles. The van der Waals surface area contributed by atoms with Crippen molar-refractivity contribution in [1.82, 2.24) is 0 Å². The molecule has 0 spiro atoms. The Morgan fingerprint density at radius 3 is 2.71 bits per heavy atom. The third-order valence-corrected chi connectivity index (χ3v) is 3.57. The van der Waals surface area contributed by atoms with Gasteiger partial charge in [0.15, 0.2) is 5.78 Å². The van der Waals surface area contributed by atoms with Gasteiger partial charge in [0.25, 0.3) is 0 Å². The molecule has 90 valence electrons. The molecular formula is C12H11Cl2NO2. The maximum Gasteiger partial charge on any atom is 0.223 e. The van der Waals surface area contributed by atoms with Gasteiger partial charge in [-0.2, -0.15) is 0 Å². The second-order valence-corrected chi connectivity index (χ2v) is 4.55. The lowest BCUT2D eigenvalue weighted by atomic mass is 10.1. The molecule has 1 amide bonds. The van der Waals surface area contributed by atoms with Crippen LogP contribution in [0.3, 0.4) is 0 Å². The topological polar surface area (TPSA) is 37.4 Å².